The van der Waals surface area contributed by atoms with Gasteiger partial charge in [0, 0.05) is 29.4 Å². The minimum absolute atomic E-state index is 0.117. The second-order valence-corrected chi connectivity index (χ2v) is 7.18. The highest BCUT2D eigenvalue weighted by Crippen LogP contribution is 2.34. The Kier molecular flexibility index (Phi) is 5.30. The minimum atomic E-state index is -0.185. The third kappa shape index (κ3) is 3.85. The summed E-state index contributed by atoms with van der Waals surface area (Å²) in [5.41, 5.74) is 0.620. The molecule has 0 radical (unpaired) electrons. The number of carbonyl (C=O) groups is 2. The fraction of sp³-hybridized carbons (Fsp3) is 0.368. The molecule has 0 spiro atoms. The Labute approximate surface area is 146 Å². The molecule has 2 atom stereocenters. The van der Waals surface area contributed by atoms with Crippen LogP contribution in [0.2, 0.25) is 0 Å². The van der Waals surface area contributed by atoms with Gasteiger partial charge in [0.25, 0.3) is 5.91 Å². The van der Waals surface area contributed by atoms with Crippen molar-refractivity contribution in [3.05, 3.63) is 58.3 Å². The number of likely N-dealkylation sites (tertiary alicyclic amines) is 1. The average molecular weight is 342 g/mol. The van der Waals surface area contributed by atoms with E-state index in [1.54, 1.807) is 23.5 Å². The van der Waals surface area contributed by atoms with Crippen LogP contribution in [0.15, 0.2) is 47.8 Å². The van der Waals surface area contributed by atoms with E-state index in [4.69, 9.17) is 0 Å². The Hall–Kier alpha value is -2.14. The van der Waals surface area contributed by atoms with Crippen molar-refractivity contribution >= 4 is 23.2 Å². The van der Waals surface area contributed by atoms with E-state index in [9.17, 15) is 9.59 Å². The Bertz CT molecular complexity index is 685. The highest BCUT2D eigenvalue weighted by molar-refractivity contribution is 7.10. The molecule has 3 rings (SSSR count). The quantitative estimate of drug-likeness (QED) is 0.902. The summed E-state index contributed by atoms with van der Waals surface area (Å²) >= 11 is 1.70. The molecule has 5 heteroatoms. The first kappa shape index (κ1) is 16.7. The van der Waals surface area contributed by atoms with Gasteiger partial charge < -0.3 is 10.2 Å². The second-order valence-electron chi connectivity index (χ2n) is 6.21. The number of hydrogen-bond donors (Lipinski definition) is 1. The van der Waals surface area contributed by atoms with Crippen molar-refractivity contribution in [3.63, 3.8) is 0 Å². The van der Waals surface area contributed by atoms with Crippen LogP contribution in [0.25, 0.3) is 0 Å². The predicted octanol–water partition coefficient (Wildman–Crippen LogP) is 3.62. The summed E-state index contributed by atoms with van der Waals surface area (Å²) in [5, 5.41) is 4.97. The Morgan fingerprint density at radius 1 is 1.25 bits per heavy atom. The van der Waals surface area contributed by atoms with Gasteiger partial charge in [0.05, 0.1) is 6.04 Å². The molecule has 24 heavy (non-hydrogen) atoms. The molecule has 126 valence electrons. The molecule has 4 nitrogen and oxygen atoms in total. The lowest BCUT2D eigenvalue weighted by Crippen LogP contribution is -2.39. The van der Waals surface area contributed by atoms with Crippen molar-refractivity contribution in [2.75, 3.05) is 6.54 Å². The highest BCUT2D eigenvalue weighted by atomic mass is 32.1. The van der Waals surface area contributed by atoms with Crippen LogP contribution >= 0.6 is 11.3 Å². The molecular formula is C19H22N2O2S. The summed E-state index contributed by atoms with van der Waals surface area (Å²) < 4.78 is 0. The summed E-state index contributed by atoms with van der Waals surface area (Å²) in [6.45, 7) is 2.69. The van der Waals surface area contributed by atoms with Crippen molar-refractivity contribution in [3.8, 4) is 0 Å². The average Bonchev–Trinajstić information content (AvgIpc) is 3.26. The minimum Gasteiger partial charge on any atom is -0.349 e. The van der Waals surface area contributed by atoms with Gasteiger partial charge in [0.15, 0.2) is 0 Å². The van der Waals surface area contributed by atoms with Gasteiger partial charge in [0.2, 0.25) is 5.91 Å². The van der Waals surface area contributed by atoms with E-state index in [1.807, 2.05) is 36.1 Å². The molecule has 1 fully saturated rings. The van der Waals surface area contributed by atoms with E-state index in [1.165, 1.54) is 4.88 Å². The standard InChI is InChI=1S/C19H22N2O2S/c1-14(20-19(23)15-7-3-2-4-8-15)13-18(22)21-11-5-9-16(21)17-10-6-12-24-17/h2-4,6-8,10,12,14,16H,5,9,11,13H2,1H3,(H,20,23). The van der Waals surface area contributed by atoms with Gasteiger partial charge in [-0.2, -0.15) is 0 Å². The zero-order valence-electron chi connectivity index (χ0n) is 13.8. The van der Waals surface area contributed by atoms with Gasteiger partial charge in [0.1, 0.15) is 0 Å². The van der Waals surface area contributed by atoms with E-state index in [0.717, 1.165) is 19.4 Å². The zero-order chi connectivity index (χ0) is 16.9. The van der Waals surface area contributed by atoms with Crippen LogP contribution < -0.4 is 5.32 Å². The fourth-order valence-electron chi connectivity index (χ4n) is 3.17. The maximum Gasteiger partial charge on any atom is 0.251 e. The van der Waals surface area contributed by atoms with Crippen LogP contribution in [0.1, 0.15) is 47.5 Å². The number of nitrogens with zero attached hydrogens (tertiary/aromatic N) is 1. The second kappa shape index (κ2) is 7.62. The molecule has 2 amide bonds. The highest BCUT2D eigenvalue weighted by Gasteiger charge is 2.31. The molecule has 2 aromatic rings. The van der Waals surface area contributed by atoms with Crippen LogP contribution in [0.5, 0.6) is 0 Å². The lowest BCUT2D eigenvalue weighted by atomic mass is 10.1. The molecule has 1 aliphatic rings. The molecule has 2 heterocycles. The van der Waals surface area contributed by atoms with Crippen molar-refractivity contribution in [2.45, 2.75) is 38.3 Å². The van der Waals surface area contributed by atoms with Gasteiger partial charge in [-0.05, 0) is 43.3 Å². The summed E-state index contributed by atoms with van der Waals surface area (Å²) in [5.74, 6) is -0.0149. The van der Waals surface area contributed by atoms with Crippen LogP contribution in [-0.2, 0) is 4.79 Å². The first-order valence-electron chi connectivity index (χ1n) is 8.34. The summed E-state index contributed by atoms with van der Waals surface area (Å²) in [6.07, 6.45) is 2.40. The van der Waals surface area contributed by atoms with E-state index in [-0.39, 0.29) is 23.9 Å². The molecule has 1 saturated heterocycles. The molecule has 0 saturated carbocycles. The normalized spacial score (nSPS) is 18.4. The number of benzene rings is 1. The lowest BCUT2D eigenvalue weighted by Gasteiger charge is -2.25. The first-order valence-corrected chi connectivity index (χ1v) is 9.22. The number of carbonyl (C=O) groups excluding carboxylic acids is 2. The van der Waals surface area contributed by atoms with Crippen LogP contribution in [0, 0.1) is 0 Å². The van der Waals surface area contributed by atoms with Crippen molar-refractivity contribution < 1.29 is 9.59 Å². The number of thiophene rings is 1. The smallest absolute Gasteiger partial charge is 0.251 e. The third-order valence-electron chi connectivity index (χ3n) is 4.34. The number of amides is 2. The Morgan fingerprint density at radius 3 is 2.75 bits per heavy atom. The number of rotatable bonds is 5. The first-order chi connectivity index (χ1) is 11.6. The van der Waals surface area contributed by atoms with Crippen LogP contribution in [0.3, 0.4) is 0 Å². The van der Waals surface area contributed by atoms with Gasteiger partial charge in [-0.1, -0.05) is 24.3 Å². The molecule has 1 N–H and O–H groups in total. The predicted molar refractivity (Wildman–Crippen MR) is 96.0 cm³/mol. The molecule has 0 bridgehead atoms. The lowest BCUT2D eigenvalue weighted by molar-refractivity contribution is -0.132. The molecular weight excluding hydrogens is 320 g/mol. The molecule has 1 aliphatic heterocycles. The topological polar surface area (TPSA) is 49.4 Å². The van der Waals surface area contributed by atoms with Crippen LogP contribution in [-0.4, -0.2) is 29.3 Å². The van der Waals surface area contributed by atoms with Crippen molar-refractivity contribution in [1.29, 1.82) is 0 Å². The van der Waals surface area contributed by atoms with E-state index in [0.29, 0.717) is 12.0 Å². The molecule has 1 aromatic heterocycles. The monoisotopic (exact) mass is 342 g/mol. The number of hydrogen-bond acceptors (Lipinski definition) is 3. The fourth-order valence-corrected chi connectivity index (χ4v) is 4.04. The van der Waals surface area contributed by atoms with Gasteiger partial charge in [-0.3, -0.25) is 9.59 Å². The maximum atomic E-state index is 12.7. The zero-order valence-corrected chi connectivity index (χ0v) is 14.6. The molecule has 0 aliphatic carbocycles. The van der Waals surface area contributed by atoms with Gasteiger partial charge in [-0.25, -0.2) is 0 Å². The van der Waals surface area contributed by atoms with E-state index < -0.39 is 0 Å². The van der Waals surface area contributed by atoms with E-state index >= 15 is 0 Å². The maximum absolute atomic E-state index is 12.7. The van der Waals surface area contributed by atoms with Crippen LogP contribution in [0.4, 0.5) is 0 Å². The molecule has 2 unspecified atom stereocenters. The third-order valence-corrected chi connectivity index (χ3v) is 5.31. The van der Waals surface area contributed by atoms with Crippen molar-refractivity contribution in [2.24, 2.45) is 0 Å². The largest absolute Gasteiger partial charge is 0.349 e. The van der Waals surface area contributed by atoms with Gasteiger partial charge >= 0.3 is 0 Å². The SMILES string of the molecule is CC(CC(=O)N1CCCC1c1cccs1)NC(=O)c1ccccc1. The van der Waals surface area contributed by atoms with Gasteiger partial charge in [-0.15, -0.1) is 11.3 Å². The summed E-state index contributed by atoms with van der Waals surface area (Å²) in [7, 11) is 0. The summed E-state index contributed by atoms with van der Waals surface area (Å²) in [6, 6.07) is 13.2. The van der Waals surface area contributed by atoms with Crippen molar-refractivity contribution in [1.82, 2.24) is 10.2 Å². The Balaban J connectivity index is 1.57. The molecule has 1 aromatic carbocycles. The summed E-state index contributed by atoms with van der Waals surface area (Å²) in [4.78, 5) is 28.1. The number of nitrogens with one attached hydrogen (secondary N) is 1. The Morgan fingerprint density at radius 2 is 2.04 bits per heavy atom. The van der Waals surface area contributed by atoms with E-state index in [2.05, 4.69) is 16.8 Å².